The first-order valence-electron chi connectivity index (χ1n) is 6.20. The topological polar surface area (TPSA) is 41.1 Å². The summed E-state index contributed by atoms with van der Waals surface area (Å²) in [7, 11) is 0. The van der Waals surface area contributed by atoms with Crippen LogP contribution >= 0.6 is 0 Å². The largest absolute Gasteiger partial charge is 0.335 e. The van der Waals surface area contributed by atoms with Gasteiger partial charge < -0.3 is 10.6 Å². The number of hydrogen-bond acceptors (Lipinski definition) is 1. The van der Waals surface area contributed by atoms with E-state index < -0.39 is 0 Å². The van der Waals surface area contributed by atoms with Gasteiger partial charge in [-0.05, 0) is 44.7 Å². The highest BCUT2D eigenvalue weighted by atomic mass is 16.2. The zero-order valence-electron chi connectivity index (χ0n) is 10.7. The number of urea groups is 1. The highest BCUT2D eigenvalue weighted by Crippen LogP contribution is 2.20. The molecule has 2 rings (SSSR count). The van der Waals surface area contributed by atoms with Crippen molar-refractivity contribution in [2.45, 2.75) is 45.7 Å². The van der Waals surface area contributed by atoms with Gasteiger partial charge in [0.15, 0.2) is 0 Å². The summed E-state index contributed by atoms with van der Waals surface area (Å²) in [6.07, 6.45) is 2.23. The molecule has 1 saturated carbocycles. The van der Waals surface area contributed by atoms with Crippen molar-refractivity contribution >= 4 is 6.03 Å². The van der Waals surface area contributed by atoms with Crippen LogP contribution in [-0.4, -0.2) is 12.1 Å². The lowest BCUT2D eigenvalue weighted by Gasteiger charge is -2.17. The summed E-state index contributed by atoms with van der Waals surface area (Å²) in [4.78, 5) is 11.7. The standard InChI is InChI=1S/C14H20N2O/c1-9-4-5-10(2)13(8-9)11(3)15-14(17)16-12-6-7-12/h4-5,8,11-12H,6-7H2,1-3H3,(H2,15,16,17). The van der Waals surface area contributed by atoms with E-state index in [0.717, 1.165) is 12.8 Å². The van der Waals surface area contributed by atoms with Crippen molar-refractivity contribution in [3.8, 4) is 0 Å². The number of rotatable bonds is 3. The first-order chi connectivity index (χ1) is 8.06. The Bertz CT molecular complexity index is 424. The third-order valence-corrected chi connectivity index (χ3v) is 3.16. The van der Waals surface area contributed by atoms with Crippen LogP contribution < -0.4 is 10.6 Å². The van der Waals surface area contributed by atoms with Gasteiger partial charge in [-0.25, -0.2) is 4.79 Å². The molecule has 3 heteroatoms. The summed E-state index contributed by atoms with van der Waals surface area (Å²) in [5.74, 6) is 0. The van der Waals surface area contributed by atoms with Crippen LogP contribution in [0.3, 0.4) is 0 Å². The van der Waals surface area contributed by atoms with Crippen molar-refractivity contribution in [3.63, 3.8) is 0 Å². The SMILES string of the molecule is Cc1ccc(C)c(C(C)NC(=O)NC2CC2)c1. The highest BCUT2D eigenvalue weighted by Gasteiger charge is 2.23. The highest BCUT2D eigenvalue weighted by molar-refractivity contribution is 5.75. The molecule has 1 aromatic carbocycles. The average molecular weight is 232 g/mol. The van der Waals surface area contributed by atoms with E-state index in [9.17, 15) is 4.79 Å². The fourth-order valence-electron chi connectivity index (χ4n) is 1.96. The minimum atomic E-state index is -0.0547. The van der Waals surface area contributed by atoms with Crippen LogP contribution in [-0.2, 0) is 0 Å². The van der Waals surface area contributed by atoms with Gasteiger partial charge in [0.05, 0.1) is 6.04 Å². The molecular formula is C14H20N2O. The lowest BCUT2D eigenvalue weighted by atomic mass is 10.0. The molecular weight excluding hydrogens is 212 g/mol. The van der Waals surface area contributed by atoms with E-state index in [1.807, 2.05) is 6.92 Å². The van der Waals surface area contributed by atoms with Crippen molar-refractivity contribution in [2.75, 3.05) is 0 Å². The molecule has 3 nitrogen and oxygen atoms in total. The predicted octanol–water partition coefficient (Wildman–Crippen LogP) is 2.83. The zero-order chi connectivity index (χ0) is 12.4. The third kappa shape index (κ3) is 3.22. The predicted molar refractivity (Wildman–Crippen MR) is 69.0 cm³/mol. The van der Waals surface area contributed by atoms with E-state index in [4.69, 9.17) is 0 Å². The number of hydrogen-bond donors (Lipinski definition) is 2. The van der Waals surface area contributed by atoms with Crippen molar-refractivity contribution in [2.24, 2.45) is 0 Å². The molecule has 0 radical (unpaired) electrons. The Labute approximate surface area is 103 Å². The molecule has 1 unspecified atom stereocenters. The number of nitrogens with one attached hydrogen (secondary N) is 2. The van der Waals surface area contributed by atoms with Crippen LogP contribution in [0, 0.1) is 13.8 Å². The van der Waals surface area contributed by atoms with Gasteiger partial charge in [-0.3, -0.25) is 0 Å². The van der Waals surface area contributed by atoms with Gasteiger partial charge in [0.25, 0.3) is 0 Å². The monoisotopic (exact) mass is 232 g/mol. The number of carbonyl (C=O) groups excluding carboxylic acids is 1. The number of carbonyl (C=O) groups is 1. The van der Waals surface area contributed by atoms with Crippen LogP contribution in [0.2, 0.25) is 0 Å². The summed E-state index contributed by atoms with van der Waals surface area (Å²) in [5, 5.41) is 5.92. The molecule has 2 amide bonds. The van der Waals surface area contributed by atoms with Gasteiger partial charge in [-0.15, -0.1) is 0 Å². The number of benzene rings is 1. The van der Waals surface area contributed by atoms with Gasteiger partial charge >= 0.3 is 6.03 Å². The van der Waals surface area contributed by atoms with Gasteiger partial charge in [0, 0.05) is 6.04 Å². The molecule has 0 bridgehead atoms. The summed E-state index contributed by atoms with van der Waals surface area (Å²) in [5.41, 5.74) is 3.63. The van der Waals surface area contributed by atoms with Crippen LogP contribution in [0.25, 0.3) is 0 Å². The molecule has 0 aliphatic heterocycles. The number of amides is 2. The van der Waals surface area contributed by atoms with Crippen LogP contribution in [0.1, 0.15) is 42.5 Å². The lowest BCUT2D eigenvalue weighted by Crippen LogP contribution is -2.38. The minimum absolute atomic E-state index is 0.0497. The molecule has 1 fully saturated rings. The fraction of sp³-hybridized carbons (Fsp3) is 0.500. The molecule has 2 N–H and O–H groups in total. The van der Waals surface area contributed by atoms with Gasteiger partial charge in [0.2, 0.25) is 0 Å². The first-order valence-corrected chi connectivity index (χ1v) is 6.20. The average Bonchev–Trinajstić information content (AvgIpc) is 3.05. The normalized spacial score (nSPS) is 16.4. The molecule has 17 heavy (non-hydrogen) atoms. The van der Waals surface area contributed by atoms with E-state index in [1.54, 1.807) is 0 Å². The van der Waals surface area contributed by atoms with Crippen LogP contribution in [0.15, 0.2) is 18.2 Å². The number of aryl methyl sites for hydroxylation is 2. The first kappa shape index (κ1) is 12.0. The second kappa shape index (κ2) is 4.78. The van der Waals surface area contributed by atoms with Crippen LogP contribution in [0.4, 0.5) is 4.79 Å². The summed E-state index contributed by atoms with van der Waals surface area (Å²) in [6.45, 7) is 6.17. The van der Waals surface area contributed by atoms with Crippen molar-refractivity contribution < 1.29 is 4.79 Å². The smallest absolute Gasteiger partial charge is 0.315 e. The molecule has 1 atom stereocenters. The van der Waals surface area contributed by atoms with E-state index in [-0.39, 0.29) is 12.1 Å². The molecule has 0 heterocycles. The third-order valence-electron chi connectivity index (χ3n) is 3.16. The van der Waals surface area contributed by atoms with Gasteiger partial charge in [0.1, 0.15) is 0 Å². The quantitative estimate of drug-likeness (QED) is 0.826. The molecule has 0 aromatic heterocycles. The van der Waals surface area contributed by atoms with E-state index in [0.29, 0.717) is 6.04 Å². The Morgan fingerprint density at radius 1 is 1.35 bits per heavy atom. The minimum Gasteiger partial charge on any atom is -0.335 e. The second-order valence-corrected chi connectivity index (χ2v) is 4.97. The van der Waals surface area contributed by atoms with E-state index >= 15 is 0 Å². The van der Waals surface area contributed by atoms with E-state index in [1.165, 1.54) is 16.7 Å². The Morgan fingerprint density at radius 3 is 2.71 bits per heavy atom. The maximum Gasteiger partial charge on any atom is 0.315 e. The summed E-state index contributed by atoms with van der Waals surface area (Å²) >= 11 is 0. The Hall–Kier alpha value is -1.51. The van der Waals surface area contributed by atoms with Gasteiger partial charge in [-0.2, -0.15) is 0 Å². The van der Waals surface area contributed by atoms with Crippen LogP contribution in [0.5, 0.6) is 0 Å². The maximum absolute atomic E-state index is 11.7. The molecule has 0 spiro atoms. The van der Waals surface area contributed by atoms with Gasteiger partial charge in [-0.1, -0.05) is 23.8 Å². The lowest BCUT2D eigenvalue weighted by molar-refractivity contribution is 0.237. The maximum atomic E-state index is 11.7. The Kier molecular flexibility index (Phi) is 3.36. The Balaban J connectivity index is 1.99. The molecule has 1 aliphatic carbocycles. The van der Waals surface area contributed by atoms with Crippen molar-refractivity contribution in [1.29, 1.82) is 0 Å². The fourth-order valence-corrected chi connectivity index (χ4v) is 1.96. The molecule has 0 saturated heterocycles. The Morgan fingerprint density at radius 2 is 2.06 bits per heavy atom. The molecule has 1 aliphatic rings. The summed E-state index contributed by atoms with van der Waals surface area (Å²) in [6, 6.07) is 6.73. The van der Waals surface area contributed by atoms with Crippen molar-refractivity contribution in [1.82, 2.24) is 10.6 Å². The zero-order valence-corrected chi connectivity index (χ0v) is 10.7. The summed E-state index contributed by atoms with van der Waals surface area (Å²) < 4.78 is 0. The second-order valence-electron chi connectivity index (χ2n) is 4.97. The van der Waals surface area contributed by atoms with E-state index in [2.05, 4.69) is 42.7 Å². The molecule has 1 aromatic rings. The molecule has 92 valence electrons. The van der Waals surface area contributed by atoms with Crippen molar-refractivity contribution in [3.05, 3.63) is 34.9 Å².